The summed E-state index contributed by atoms with van der Waals surface area (Å²) in [7, 11) is -3.23. The Kier molecular flexibility index (Phi) is 6.40. The summed E-state index contributed by atoms with van der Waals surface area (Å²) in [6.07, 6.45) is 3.16. The van der Waals surface area contributed by atoms with E-state index in [4.69, 9.17) is 5.73 Å². The average molecular weight is 347 g/mol. The molecule has 0 bridgehead atoms. The van der Waals surface area contributed by atoms with Crippen molar-refractivity contribution in [2.45, 2.75) is 30.7 Å². The molecule has 0 radical (unpaired) electrons. The number of piperidine rings is 1. The predicted octanol–water partition coefficient (Wildman–Crippen LogP) is 1.71. The molecule has 1 heterocycles. The standard InChI is InChI=1S/C15H22N2O3S.ClH/c1-11(16)13-4-3-9-17(10-13)15(18)12-5-7-14(8-6-12)21(2,19)20;/h5-8,11,13H,3-4,9-10,16H2,1-2H3;1H. The van der Waals surface area contributed by atoms with Gasteiger partial charge in [-0.15, -0.1) is 12.4 Å². The number of halogens is 1. The van der Waals surface area contributed by atoms with Crippen LogP contribution in [0.1, 0.15) is 30.1 Å². The summed E-state index contributed by atoms with van der Waals surface area (Å²) >= 11 is 0. The summed E-state index contributed by atoms with van der Waals surface area (Å²) in [6.45, 7) is 3.37. The third-order valence-corrected chi connectivity index (χ3v) is 5.15. The number of rotatable bonds is 3. The van der Waals surface area contributed by atoms with Gasteiger partial charge < -0.3 is 10.6 Å². The van der Waals surface area contributed by atoms with E-state index < -0.39 is 9.84 Å². The molecule has 22 heavy (non-hydrogen) atoms. The summed E-state index contributed by atoms with van der Waals surface area (Å²) in [5.74, 6) is 0.276. The summed E-state index contributed by atoms with van der Waals surface area (Å²) in [5.41, 5.74) is 6.45. The van der Waals surface area contributed by atoms with Crippen molar-refractivity contribution in [2.75, 3.05) is 19.3 Å². The predicted molar refractivity (Wildman–Crippen MR) is 89.1 cm³/mol. The number of carbonyl (C=O) groups excluding carboxylic acids is 1. The summed E-state index contributed by atoms with van der Waals surface area (Å²) in [6, 6.07) is 6.20. The van der Waals surface area contributed by atoms with Gasteiger partial charge in [-0.2, -0.15) is 0 Å². The maximum absolute atomic E-state index is 12.5. The van der Waals surface area contributed by atoms with Crippen LogP contribution in [0.25, 0.3) is 0 Å². The molecule has 5 nitrogen and oxygen atoms in total. The van der Waals surface area contributed by atoms with Crippen molar-refractivity contribution >= 4 is 28.2 Å². The van der Waals surface area contributed by atoms with Crippen molar-refractivity contribution in [2.24, 2.45) is 11.7 Å². The van der Waals surface area contributed by atoms with Gasteiger partial charge in [-0.1, -0.05) is 0 Å². The maximum atomic E-state index is 12.5. The molecule has 124 valence electrons. The Hall–Kier alpha value is -1.11. The number of sulfone groups is 1. The lowest BCUT2D eigenvalue weighted by Crippen LogP contribution is -2.45. The van der Waals surface area contributed by atoms with Gasteiger partial charge in [-0.05, 0) is 49.9 Å². The Bertz CT molecular complexity index is 614. The molecule has 2 N–H and O–H groups in total. The first-order valence-corrected chi connectivity index (χ1v) is 9.03. The second kappa shape index (κ2) is 7.44. The quantitative estimate of drug-likeness (QED) is 0.903. The van der Waals surface area contributed by atoms with E-state index in [1.807, 2.05) is 11.8 Å². The first-order chi connectivity index (χ1) is 9.79. The third kappa shape index (κ3) is 4.44. The molecule has 2 rings (SSSR count). The Labute approximate surface area is 138 Å². The molecule has 1 amide bonds. The molecule has 1 fully saturated rings. The molecule has 1 aliphatic heterocycles. The molecule has 1 saturated heterocycles. The van der Waals surface area contributed by atoms with Gasteiger partial charge in [0.2, 0.25) is 0 Å². The second-order valence-corrected chi connectivity index (χ2v) is 7.82. The molecule has 0 aliphatic carbocycles. The molecule has 1 aliphatic rings. The van der Waals surface area contributed by atoms with Crippen LogP contribution in [-0.4, -0.2) is 44.6 Å². The molecule has 2 atom stereocenters. The van der Waals surface area contributed by atoms with Crippen LogP contribution < -0.4 is 5.73 Å². The fourth-order valence-electron chi connectivity index (χ4n) is 2.65. The number of nitrogens with two attached hydrogens (primary N) is 1. The van der Waals surface area contributed by atoms with E-state index in [1.165, 1.54) is 12.1 Å². The highest BCUT2D eigenvalue weighted by atomic mass is 35.5. The topological polar surface area (TPSA) is 80.5 Å². The second-order valence-electron chi connectivity index (χ2n) is 5.81. The Morgan fingerprint density at radius 3 is 2.41 bits per heavy atom. The minimum atomic E-state index is -3.23. The van der Waals surface area contributed by atoms with Crippen LogP contribution in [0.15, 0.2) is 29.2 Å². The van der Waals surface area contributed by atoms with Crippen molar-refractivity contribution in [1.82, 2.24) is 4.90 Å². The number of amides is 1. The van der Waals surface area contributed by atoms with Crippen LogP contribution >= 0.6 is 12.4 Å². The Morgan fingerprint density at radius 1 is 1.32 bits per heavy atom. The number of hydrogen-bond acceptors (Lipinski definition) is 4. The van der Waals surface area contributed by atoms with E-state index in [1.54, 1.807) is 12.1 Å². The molecule has 2 unspecified atom stereocenters. The van der Waals surface area contributed by atoms with E-state index in [9.17, 15) is 13.2 Å². The van der Waals surface area contributed by atoms with Gasteiger partial charge in [0, 0.05) is 31.0 Å². The van der Waals surface area contributed by atoms with Crippen molar-refractivity contribution in [3.05, 3.63) is 29.8 Å². The fourth-order valence-corrected chi connectivity index (χ4v) is 3.28. The van der Waals surface area contributed by atoms with Gasteiger partial charge in [-0.3, -0.25) is 4.79 Å². The van der Waals surface area contributed by atoms with Gasteiger partial charge in [0.15, 0.2) is 9.84 Å². The van der Waals surface area contributed by atoms with Crippen LogP contribution in [0.4, 0.5) is 0 Å². The van der Waals surface area contributed by atoms with Gasteiger partial charge in [0.25, 0.3) is 5.91 Å². The lowest BCUT2D eigenvalue weighted by atomic mass is 9.92. The largest absolute Gasteiger partial charge is 0.338 e. The number of likely N-dealkylation sites (tertiary alicyclic amines) is 1. The van der Waals surface area contributed by atoms with Crippen LogP contribution in [-0.2, 0) is 9.84 Å². The van der Waals surface area contributed by atoms with Crippen molar-refractivity contribution in [3.8, 4) is 0 Å². The van der Waals surface area contributed by atoms with Crippen LogP contribution in [0.3, 0.4) is 0 Å². The smallest absolute Gasteiger partial charge is 0.253 e. The molecule has 1 aromatic carbocycles. The first-order valence-electron chi connectivity index (χ1n) is 7.14. The molecule has 0 aromatic heterocycles. The summed E-state index contributed by atoms with van der Waals surface area (Å²) in [4.78, 5) is 14.5. The number of benzene rings is 1. The number of carbonyl (C=O) groups is 1. The molecule has 7 heteroatoms. The first kappa shape index (κ1) is 18.9. The van der Waals surface area contributed by atoms with Crippen molar-refractivity contribution in [1.29, 1.82) is 0 Å². The highest BCUT2D eigenvalue weighted by Crippen LogP contribution is 2.21. The van der Waals surface area contributed by atoms with Gasteiger partial charge in [0.05, 0.1) is 4.90 Å². The van der Waals surface area contributed by atoms with E-state index in [0.717, 1.165) is 25.6 Å². The SMILES string of the molecule is CC(N)C1CCCN(C(=O)c2ccc(S(C)(=O)=O)cc2)C1.Cl. The maximum Gasteiger partial charge on any atom is 0.253 e. The number of nitrogens with zero attached hydrogens (tertiary/aromatic N) is 1. The molecule has 1 aromatic rings. The van der Waals surface area contributed by atoms with Crippen LogP contribution in [0.5, 0.6) is 0 Å². The van der Waals surface area contributed by atoms with E-state index in [2.05, 4.69) is 0 Å². The summed E-state index contributed by atoms with van der Waals surface area (Å²) in [5, 5.41) is 0. The van der Waals surface area contributed by atoms with Gasteiger partial charge in [-0.25, -0.2) is 8.42 Å². The molecular weight excluding hydrogens is 324 g/mol. The van der Waals surface area contributed by atoms with Crippen molar-refractivity contribution in [3.63, 3.8) is 0 Å². The van der Waals surface area contributed by atoms with Gasteiger partial charge in [0.1, 0.15) is 0 Å². The average Bonchev–Trinajstić information content (AvgIpc) is 2.46. The Morgan fingerprint density at radius 2 is 1.91 bits per heavy atom. The highest BCUT2D eigenvalue weighted by Gasteiger charge is 2.26. The van der Waals surface area contributed by atoms with Crippen LogP contribution in [0, 0.1) is 5.92 Å². The zero-order chi connectivity index (χ0) is 15.6. The van der Waals surface area contributed by atoms with E-state index in [-0.39, 0.29) is 29.3 Å². The highest BCUT2D eigenvalue weighted by molar-refractivity contribution is 7.90. The van der Waals surface area contributed by atoms with Crippen molar-refractivity contribution < 1.29 is 13.2 Å². The van der Waals surface area contributed by atoms with Crippen LogP contribution in [0.2, 0.25) is 0 Å². The third-order valence-electron chi connectivity index (χ3n) is 4.02. The lowest BCUT2D eigenvalue weighted by molar-refractivity contribution is 0.0661. The van der Waals surface area contributed by atoms with E-state index >= 15 is 0 Å². The normalized spacial score (nSPS) is 20.1. The zero-order valence-electron chi connectivity index (χ0n) is 12.9. The Balaban J connectivity index is 0.00000242. The summed E-state index contributed by atoms with van der Waals surface area (Å²) < 4.78 is 22.8. The minimum absolute atomic E-state index is 0. The molecule has 0 saturated carbocycles. The molecular formula is C15H23ClN2O3S. The fraction of sp³-hybridized carbons (Fsp3) is 0.533. The monoisotopic (exact) mass is 346 g/mol. The lowest BCUT2D eigenvalue weighted by Gasteiger charge is -2.34. The van der Waals surface area contributed by atoms with Gasteiger partial charge >= 0.3 is 0 Å². The zero-order valence-corrected chi connectivity index (χ0v) is 14.5. The van der Waals surface area contributed by atoms with E-state index in [0.29, 0.717) is 18.0 Å². The number of hydrogen-bond donors (Lipinski definition) is 1. The molecule has 0 spiro atoms. The minimum Gasteiger partial charge on any atom is -0.338 e.